The van der Waals surface area contributed by atoms with Gasteiger partial charge in [-0.1, -0.05) is 24.3 Å². The number of ether oxygens (including phenoxy) is 2. The molecular weight excluding hydrogens is 495 g/mol. The van der Waals surface area contributed by atoms with Gasteiger partial charge in [-0.15, -0.1) is 0 Å². The summed E-state index contributed by atoms with van der Waals surface area (Å²) < 4.78 is 76.9. The molecule has 0 saturated heterocycles. The van der Waals surface area contributed by atoms with Gasteiger partial charge in [0, 0.05) is 29.8 Å². The Bertz CT molecular complexity index is 1320. The summed E-state index contributed by atoms with van der Waals surface area (Å²) in [4.78, 5) is 24.5. The van der Waals surface area contributed by atoms with E-state index in [1.165, 1.54) is 31.2 Å². The van der Waals surface area contributed by atoms with Gasteiger partial charge in [0.15, 0.2) is 17.5 Å². The molecule has 9 heteroatoms. The molecule has 0 saturated carbocycles. The molecule has 4 aromatic carbocycles. The molecule has 4 rings (SSSR count). The third-order valence-corrected chi connectivity index (χ3v) is 5.42. The van der Waals surface area contributed by atoms with E-state index in [1.54, 1.807) is 24.3 Å². The number of benzene rings is 4. The SMILES string of the molecule is Cc1c(F)cc(OC(=O)c2ccc(Cc3ccc(C(=O)Oc4cc(F)c(F)c(F)c4)cc3)cc2)cc1F. The van der Waals surface area contributed by atoms with Crippen LogP contribution in [0, 0.1) is 36.0 Å². The highest BCUT2D eigenvalue weighted by atomic mass is 19.2. The summed E-state index contributed by atoms with van der Waals surface area (Å²) in [7, 11) is 0. The number of carbonyl (C=O) groups is 2. The van der Waals surface area contributed by atoms with E-state index in [2.05, 4.69) is 0 Å². The summed E-state index contributed by atoms with van der Waals surface area (Å²) >= 11 is 0. The monoisotopic (exact) mass is 512 g/mol. The zero-order chi connectivity index (χ0) is 26.7. The van der Waals surface area contributed by atoms with Crippen LogP contribution in [0.15, 0.2) is 72.8 Å². The summed E-state index contributed by atoms with van der Waals surface area (Å²) in [6.45, 7) is 1.27. The van der Waals surface area contributed by atoms with Gasteiger partial charge in [-0.25, -0.2) is 31.5 Å². The van der Waals surface area contributed by atoms with E-state index in [1.807, 2.05) is 0 Å². The lowest BCUT2D eigenvalue weighted by Crippen LogP contribution is -2.09. The van der Waals surface area contributed by atoms with Crippen LogP contribution in [-0.4, -0.2) is 11.9 Å². The summed E-state index contributed by atoms with van der Waals surface area (Å²) in [5, 5.41) is 0. The van der Waals surface area contributed by atoms with Gasteiger partial charge in [-0.2, -0.15) is 0 Å². The first-order valence-corrected chi connectivity index (χ1v) is 10.8. The van der Waals surface area contributed by atoms with Crippen molar-refractivity contribution in [1.82, 2.24) is 0 Å². The predicted molar refractivity (Wildman–Crippen MR) is 123 cm³/mol. The van der Waals surface area contributed by atoms with Crippen LogP contribution in [0.2, 0.25) is 0 Å². The second-order valence-electron chi connectivity index (χ2n) is 8.06. The van der Waals surface area contributed by atoms with E-state index in [9.17, 15) is 31.5 Å². The molecule has 0 spiro atoms. The van der Waals surface area contributed by atoms with Crippen molar-refractivity contribution in [3.8, 4) is 11.5 Å². The predicted octanol–water partition coefficient (Wildman–Crippen LogP) is 6.72. The fraction of sp³-hybridized carbons (Fsp3) is 0.0714. The molecule has 0 radical (unpaired) electrons. The summed E-state index contributed by atoms with van der Waals surface area (Å²) in [6, 6.07) is 15.6. The molecule has 0 aliphatic heterocycles. The fourth-order valence-electron chi connectivity index (χ4n) is 3.36. The number of esters is 2. The molecule has 4 nitrogen and oxygen atoms in total. The second kappa shape index (κ2) is 10.6. The smallest absolute Gasteiger partial charge is 0.343 e. The Morgan fingerprint density at radius 2 is 0.946 bits per heavy atom. The molecule has 4 aromatic rings. The van der Waals surface area contributed by atoms with Crippen LogP contribution < -0.4 is 9.47 Å². The van der Waals surface area contributed by atoms with E-state index in [-0.39, 0.29) is 22.4 Å². The van der Waals surface area contributed by atoms with Gasteiger partial charge in [-0.05, 0) is 48.7 Å². The van der Waals surface area contributed by atoms with Crippen molar-refractivity contribution < 1.29 is 41.0 Å². The lowest BCUT2D eigenvalue weighted by Gasteiger charge is -2.08. The van der Waals surface area contributed by atoms with Crippen molar-refractivity contribution in [2.75, 3.05) is 0 Å². The van der Waals surface area contributed by atoms with E-state index >= 15 is 0 Å². The van der Waals surface area contributed by atoms with Crippen molar-refractivity contribution in [3.05, 3.63) is 130 Å². The van der Waals surface area contributed by atoms with Crippen molar-refractivity contribution >= 4 is 11.9 Å². The van der Waals surface area contributed by atoms with Crippen molar-refractivity contribution in [1.29, 1.82) is 0 Å². The maximum atomic E-state index is 13.7. The highest BCUT2D eigenvalue weighted by molar-refractivity contribution is 5.91. The van der Waals surface area contributed by atoms with Crippen LogP contribution >= 0.6 is 0 Å². The number of hydrogen-bond acceptors (Lipinski definition) is 4. The molecule has 0 amide bonds. The van der Waals surface area contributed by atoms with Gasteiger partial charge in [0.05, 0.1) is 11.1 Å². The maximum absolute atomic E-state index is 13.7. The molecule has 0 bridgehead atoms. The molecule has 0 N–H and O–H groups in total. The normalized spacial score (nSPS) is 10.8. The van der Waals surface area contributed by atoms with Crippen molar-refractivity contribution in [2.24, 2.45) is 0 Å². The molecule has 37 heavy (non-hydrogen) atoms. The maximum Gasteiger partial charge on any atom is 0.343 e. The fourth-order valence-corrected chi connectivity index (χ4v) is 3.36. The molecule has 188 valence electrons. The zero-order valence-corrected chi connectivity index (χ0v) is 19.2. The average Bonchev–Trinajstić information content (AvgIpc) is 2.86. The quantitative estimate of drug-likeness (QED) is 0.125. The molecule has 0 atom stereocenters. The Morgan fingerprint density at radius 3 is 1.32 bits per heavy atom. The number of halogens is 5. The van der Waals surface area contributed by atoms with E-state index in [0.29, 0.717) is 18.6 Å². The van der Waals surface area contributed by atoms with E-state index in [0.717, 1.165) is 23.3 Å². The van der Waals surface area contributed by atoms with Crippen LogP contribution in [0.4, 0.5) is 22.0 Å². The minimum atomic E-state index is -1.66. The molecule has 0 aliphatic carbocycles. The Balaban J connectivity index is 1.37. The third kappa shape index (κ3) is 6.00. The first-order valence-electron chi connectivity index (χ1n) is 10.8. The highest BCUT2D eigenvalue weighted by Gasteiger charge is 2.16. The first-order chi connectivity index (χ1) is 17.6. The first kappa shape index (κ1) is 25.6. The summed E-state index contributed by atoms with van der Waals surface area (Å²) in [5.41, 5.74) is 1.73. The van der Waals surface area contributed by atoms with Crippen LogP contribution in [0.1, 0.15) is 37.4 Å². The van der Waals surface area contributed by atoms with E-state index in [4.69, 9.17) is 9.47 Å². The van der Waals surface area contributed by atoms with Crippen LogP contribution in [0.5, 0.6) is 11.5 Å². The Morgan fingerprint density at radius 1 is 0.595 bits per heavy atom. The summed E-state index contributed by atoms with van der Waals surface area (Å²) in [6.07, 6.45) is 0.438. The van der Waals surface area contributed by atoms with Gasteiger partial charge in [0.2, 0.25) is 0 Å². The van der Waals surface area contributed by atoms with E-state index < -0.39 is 46.8 Å². The van der Waals surface area contributed by atoms with Gasteiger partial charge in [0.1, 0.15) is 23.1 Å². The lowest BCUT2D eigenvalue weighted by molar-refractivity contribution is 0.0724. The topological polar surface area (TPSA) is 52.6 Å². The van der Waals surface area contributed by atoms with Gasteiger partial charge in [0.25, 0.3) is 0 Å². The second-order valence-corrected chi connectivity index (χ2v) is 8.06. The number of hydrogen-bond donors (Lipinski definition) is 0. The molecule has 0 unspecified atom stereocenters. The summed E-state index contributed by atoms with van der Waals surface area (Å²) in [5.74, 6) is -8.64. The standard InChI is InChI=1S/C28H17F5O4/c1-15-22(29)11-20(12-23(15)30)36-27(34)18-6-2-16(3-7-18)10-17-4-8-19(9-5-17)28(35)37-21-13-24(31)26(33)25(32)14-21/h2-9,11-14H,10H2,1H3. The largest absolute Gasteiger partial charge is 0.423 e. The Labute approximate surface area is 207 Å². The average molecular weight is 512 g/mol. The van der Waals surface area contributed by atoms with Crippen molar-refractivity contribution in [3.63, 3.8) is 0 Å². The molecule has 0 heterocycles. The van der Waals surface area contributed by atoms with Gasteiger partial charge < -0.3 is 9.47 Å². The molecule has 0 aromatic heterocycles. The van der Waals surface area contributed by atoms with Gasteiger partial charge in [-0.3, -0.25) is 0 Å². The molecule has 0 fully saturated rings. The Kier molecular flexibility index (Phi) is 7.33. The van der Waals surface area contributed by atoms with Crippen molar-refractivity contribution in [2.45, 2.75) is 13.3 Å². The van der Waals surface area contributed by atoms with Crippen LogP contribution in [0.3, 0.4) is 0 Å². The van der Waals surface area contributed by atoms with Crippen LogP contribution in [-0.2, 0) is 6.42 Å². The highest BCUT2D eigenvalue weighted by Crippen LogP contribution is 2.22. The van der Waals surface area contributed by atoms with Crippen LogP contribution in [0.25, 0.3) is 0 Å². The number of rotatable bonds is 6. The molecule has 0 aliphatic rings. The lowest BCUT2D eigenvalue weighted by atomic mass is 10.0. The zero-order valence-electron chi connectivity index (χ0n) is 19.2. The molecular formula is C28H17F5O4. The Hall–Kier alpha value is -4.53. The minimum absolute atomic E-state index is 0.107. The van der Waals surface area contributed by atoms with Gasteiger partial charge >= 0.3 is 11.9 Å². The number of carbonyl (C=O) groups excluding carboxylic acids is 2. The minimum Gasteiger partial charge on any atom is -0.423 e. The third-order valence-electron chi connectivity index (χ3n) is 5.42.